The van der Waals surface area contributed by atoms with Gasteiger partial charge in [0.05, 0.1) is 25.6 Å². The van der Waals surface area contributed by atoms with E-state index in [4.69, 9.17) is 19.6 Å². The van der Waals surface area contributed by atoms with Gasteiger partial charge < -0.3 is 33.7 Å². The third-order valence-corrected chi connectivity index (χ3v) is 13.8. The van der Waals surface area contributed by atoms with Gasteiger partial charge in [-0.3, -0.25) is 4.79 Å². The number of alkyl halides is 2. The number of hydrogen-bond donors (Lipinski definition) is 1. The van der Waals surface area contributed by atoms with Gasteiger partial charge in [-0.2, -0.15) is 8.78 Å². The molecule has 1 amide bonds. The number of pyridine rings is 1. The summed E-state index contributed by atoms with van der Waals surface area (Å²) in [4.78, 5) is 19.0. The van der Waals surface area contributed by atoms with E-state index in [1.165, 1.54) is 13.2 Å². The molecule has 0 radical (unpaired) electrons. The molecule has 1 saturated carbocycles. The monoisotopic (exact) mass is 616 g/mol. The number of rotatable bonds is 13. The minimum absolute atomic E-state index is 0.0918. The molecule has 12 heteroatoms. The third-order valence-electron chi connectivity index (χ3n) is 9.22. The van der Waals surface area contributed by atoms with Crippen molar-refractivity contribution >= 4 is 19.9 Å². The number of amides is 1. The van der Waals surface area contributed by atoms with Gasteiger partial charge in [0, 0.05) is 49.8 Å². The van der Waals surface area contributed by atoms with Gasteiger partial charge >= 0.3 is 6.61 Å². The van der Waals surface area contributed by atoms with E-state index in [9.17, 15) is 13.6 Å². The second-order valence-corrected chi connectivity index (χ2v) is 18.0. The molecule has 1 aliphatic heterocycles. The Kier molecular flexibility index (Phi) is 8.49. The summed E-state index contributed by atoms with van der Waals surface area (Å²) >= 11 is 0. The number of methoxy groups -OCH3 is 1. The Balaban J connectivity index is 1.23. The third kappa shape index (κ3) is 6.36. The molecule has 2 aliphatic rings. The number of carbonyl (C=O) groups excluding carboxylic acids is 1. The number of halogens is 2. The first-order chi connectivity index (χ1) is 20.2. The quantitative estimate of drug-likeness (QED) is 0.255. The van der Waals surface area contributed by atoms with Crippen molar-refractivity contribution < 1.29 is 32.2 Å². The van der Waals surface area contributed by atoms with Crippen LogP contribution in [0.2, 0.25) is 18.1 Å². The highest BCUT2D eigenvalue weighted by Crippen LogP contribution is 2.55. The zero-order valence-electron chi connectivity index (χ0n) is 25.8. The van der Waals surface area contributed by atoms with Gasteiger partial charge in [0.1, 0.15) is 28.5 Å². The van der Waals surface area contributed by atoms with Crippen molar-refractivity contribution in [3.8, 4) is 17.2 Å². The van der Waals surface area contributed by atoms with Crippen LogP contribution in [0.5, 0.6) is 17.2 Å². The van der Waals surface area contributed by atoms with Crippen molar-refractivity contribution in [3.05, 3.63) is 53.5 Å². The smallest absolute Gasteiger partial charge is 0.387 e. The molecule has 1 saturated heterocycles. The molecule has 0 unspecified atom stereocenters. The maximum absolute atomic E-state index is 13.2. The maximum Gasteiger partial charge on any atom is 0.387 e. The highest BCUT2D eigenvalue weighted by atomic mass is 28.4. The summed E-state index contributed by atoms with van der Waals surface area (Å²) in [6.07, 6.45) is 5.25. The van der Waals surface area contributed by atoms with Crippen LogP contribution in [-0.4, -0.2) is 75.1 Å². The SMILES string of the molecule is COc1cc(C2(c3cnc4cc(OCC5CN(CCO[Si](C)(C)C(C)(C)C)C5)ccn34)CC2)cc(OC(F)F)c1C(N)=O. The van der Waals surface area contributed by atoms with Crippen molar-refractivity contribution in [1.82, 2.24) is 14.3 Å². The highest BCUT2D eigenvalue weighted by Gasteiger charge is 2.49. The van der Waals surface area contributed by atoms with Gasteiger partial charge in [0.25, 0.3) is 5.91 Å². The number of aromatic nitrogens is 2. The predicted molar refractivity (Wildman–Crippen MR) is 162 cm³/mol. The number of benzene rings is 1. The van der Waals surface area contributed by atoms with Crippen molar-refractivity contribution in [2.75, 3.05) is 40.0 Å². The highest BCUT2D eigenvalue weighted by molar-refractivity contribution is 6.74. The maximum atomic E-state index is 13.2. The first-order valence-electron chi connectivity index (χ1n) is 14.7. The molecule has 3 aromatic rings. The van der Waals surface area contributed by atoms with Crippen LogP contribution in [0.1, 0.15) is 55.2 Å². The average Bonchev–Trinajstić information content (AvgIpc) is 3.60. The largest absolute Gasteiger partial charge is 0.496 e. The van der Waals surface area contributed by atoms with E-state index in [2.05, 4.69) is 48.5 Å². The minimum atomic E-state index is -3.12. The Morgan fingerprint density at radius 2 is 1.88 bits per heavy atom. The second kappa shape index (κ2) is 11.7. The number of primary amides is 1. The van der Waals surface area contributed by atoms with E-state index in [1.54, 1.807) is 12.3 Å². The van der Waals surface area contributed by atoms with Crippen molar-refractivity contribution in [1.29, 1.82) is 0 Å². The van der Waals surface area contributed by atoms with Crippen molar-refractivity contribution in [3.63, 3.8) is 0 Å². The fraction of sp³-hybridized carbons (Fsp3) is 0.548. The van der Waals surface area contributed by atoms with Gasteiger partial charge in [0.2, 0.25) is 0 Å². The van der Waals surface area contributed by atoms with E-state index in [0.29, 0.717) is 18.1 Å². The summed E-state index contributed by atoms with van der Waals surface area (Å²) in [5.74, 6) is 0.0994. The summed E-state index contributed by atoms with van der Waals surface area (Å²) in [6.45, 7) is 12.6. The van der Waals surface area contributed by atoms with Crippen LogP contribution in [0.25, 0.3) is 5.65 Å². The molecule has 2 N–H and O–H groups in total. The normalized spacial score (nSPS) is 17.2. The Hall–Kier alpha value is -3.22. The van der Waals surface area contributed by atoms with Gasteiger partial charge in [0.15, 0.2) is 8.32 Å². The summed E-state index contributed by atoms with van der Waals surface area (Å²) in [5.41, 5.74) is 7.07. The summed E-state index contributed by atoms with van der Waals surface area (Å²) in [7, 11) is -0.359. The molecule has 3 heterocycles. The van der Waals surface area contributed by atoms with Crippen LogP contribution in [0.15, 0.2) is 36.7 Å². The second-order valence-electron chi connectivity index (χ2n) is 13.2. The van der Waals surface area contributed by atoms with Crippen molar-refractivity contribution in [2.45, 2.75) is 63.8 Å². The lowest BCUT2D eigenvalue weighted by Gasteiger charge is -2.41. The predicted octanol–water partition coefficient (Wildman–Crippen LogP) is 5.46. The summed E-state index contributed by atoms with van der Waals surface area (Å²) in [6, 6.07) is 6.95. The molecule has 43 heavy (non-hydrogen) atoms. The first kappa shape index (κ1) is 31.2. The molecule has 234 valence electrons. The molecule has 2 fully saturated rings. The van der Waals surface area contributed by atoms with E-state index >= 15 is 0 Å². The Bertz CT molecular complexity index is 1480. The first-order valence-corrected chi connectivity index (χ1v) is 17.6. The molecular weight excluding hydrogens is 574 g/mol. The van der Waals surface area contributed by atoms with Gasteiger partial charge in [-0.05, 0) is 54.7 Å². The minimum Gasteiger partial charge on any atom is -0.496 e. The van der Waals surface area contributed by atoms with Crippen molar-refractivity contribution in [2.24, 2.45) is 11.7 Å². The molecular formula is C31H42F2N4O5Si. The summed E-state index contributed by atoms with van der Waals surface area (Å²) < 4.78 is 50.9. The molecule has 1 aromatic carbocycles. The van der Waals surface area contributed by atoms with Gasteiger partial charge in [-0.15, -0.1) is 0 Å². The Labute approximate surface area is 252 Å². The standard InChI is InChI=1S/C31H42F2N4O5Si/c1-30(2,3)43(5,6)41-12-11-36-17-20(18-36)19-40-22-7-10-37-25(16-35-26(37)15-22)31(8-9-31)21-13-23(39-4)27(28(34)38)24(14-21)42-29(32)33/h7,10,13-16,20,29H,8-9,11-12,17-19H2,1-6H3,(H2,34,38). The Morgan fingerprint density at radius 1 is 1.19 bits per heavy atom. The molecule has 1 aliphatic carbocycles. The molecule has 0 bridgehead atoms. The summed E-state index contributed by atoms with van der Waals surface area (Å²) in [5, 5.41) is 0.217. The van der Waals surface area contributed by atoms with E-state index in [-0.39, 0.29) is 22.1 Å². The lowest BCUT2D eigenvalue weighted by molar-refractivity contribution is -0.0502. The van der Waals surface area contributed by atoms with E-state index < -0.39 is 26.3 Å². The Morgan fingerprint density at radius 3 is 2.49 bits per heavy atom. The van der Waals surface area contributed by atoms with Crippen LogP contribution in [0.3, 0.4) is 0 Å². The molecule has 0 spiro atoms. The van der Waals surface area contributed by atoms with Crippen LogP contribution in [0, 0.1) is 5.92 Å². The molecule has 9 nitrogen and oxygen atoms in total. The van der Waals surface area contributed by atoms with E-state index in [0.717, 1.165) is 56.2 Å². The lowest BCUT2D eigenvalue weighted by atomic mass is 9.91. The average molecular weight is 617 g/mol. The van der Waals surface area contributed by atoms with Gasteiger partial charge in [-0.1, -0.05) is 20.8 Å². The molecule has 5 rings (SSSR count). The topological polar surface area (TPSA) is 101 Å². The van der Waals surface area contributed by atoms with Crippen LogP contribution < -0.4 is 19.9 Å². The number of ether oxygens (including phenoxy) is 3. The van der Waals surface area contributed by atoms with E-state index in [1.807, 2.05) is 22.7 Å². The number of carbonyl (C=O) groups is 1. The fourth-order valence-corrected chi connectivity index (χ4v) is 6.54. The number of hydrogen-bond acceptors (Lipinski definition) is 7. The number of fused-ring (bicyclic) bond motifs is 1. The number of imidazole rings is 1. The van der Waals surface area contributed by atoms with Crippen LogP contribution in [-0.2, 0) is 9.84 Å². The lowest BCUT2D eigenvalue weighted by Crippen LogP contribution is -2.51. The van der Waals surface area contributed by atoms with Crippen LogP contribution >= 0.6 is 0 Å². The number of nitrogens with zero attached hydrogens (tertiary/aromatic N) is 3. The number of likely N-dealkylation sites (tertiary alicyclic amines) is 1. The zero-order chi connectivity index (χ0) is 31.2. The molecule has 2 aromatic heterocycles. The van der Waals surface area contributed by atoms with Crippen LogP contribution in [0.4, 0.5) is 8.78 Å². The zero-order valence-corrected chi connectivity index (χ0v) is 26.8. The molecule has 0 atom stereocenters. The van der Waals surface area contributed by atoms with Gasteiger partial charge in [-0.25, -0.2) is 4.98 Å². The fourth-order valence-electron chi connectivity index (χ4n) is 5.51. The number of nitrogens with two attached hydrogens (primary N) is 1.